The fourth-order valence-electron chi connectivity index (χ4n) is 11.0. The number of benzene rings is 10. The highest BCUT2D eigenvalue weighted by Gasteiger charge is 2.50. The van der Waals surface area contributed by atoms with E-state index in [0.717, 1.165) is 17.1 Å². The van der Waals surface area contributed by atoms with Crippen LogP contribution in [0.15, 0.2) is 243 Å². The second kappa shape index (κ2) is 13.9. The summed E-state index contributed by atoms with van der Waals surface area (Å²) in [6.45, 7) is 0. The van der Waals surface area contributed by atoms with Crippen LogP contribution in [0.5, 0.6) is 0 Å². The minimum Gasteiger partial charge on any atom is -0.310 e. The van der Waals surface area contributed by atoms with Crippen molar-refractivity contribution in [2.24, 2.45) is 0 Å². The molecule has 2 heteroatoms. The van der Waals surface area contributed by atoms with Crippen LogP contribution in [0.1, 0.15) is 22.3 Å². The first kappa shape index (κ1) is 35.5. The molecule has 294 valence electrons. The molecule has 1 spiro atoms. The summed E-state index contributed by atoms with van der Waals surface area (Å²) in [5.74, 6) is 0. The molecule has 63 heavy (non-hydrogen) atoms. The highest BCUT2D eigenvalue weighted by molar-refractivity contribution is 6.14. The van der Waals surface area contributed by atoms with Crippen molar-refractivity contribution in [3.63, 3.8) is 0 Å². The number of para-hydroxylation sites is 3. The maximum Gasteiger partial charge on any atom is 0.0754 e. The molecule has 0 fully saturated rings. The fourth-order valence-corrected chi connectivity index (χ4v) is 11.0. The monoisotopic (exact) mass is 800 g/mol. The molecule has 0 bridgehead atoms. The standard InChI is InChI=1S/C61H40N2/c1-3-17-41(18-4-1)43-33-35-44(36-34-43)48-23-9-13-31-57(48)62(46-22-15-21-45(39-46)42-19-5-2-6-20-42)47-37-38-58-52(40-47)51-26-16-30-56-60(51)63(58)59-32-14-12-29-55(59)61(56)53-27-10-7-24-49(53)50-25-8-11-28-54(50)61/h1-40H. The van der Waals surface area contributed by atoms with E-state index in [2.05, 4.69) is 252 Å². The van der Waals surface area contributed by atoms with Crippen molar-refractivity contribution in [1.82, 2.24) is 4.57 Å². The van der Waals surface area contributed by atoms with Gasteiger partial charge in [0.1, 0.15) is 0 Å². The van der Waals surface area contributed by atoms with Gasteiger partial charge in [-0.05, 0) is 104 Å². The van der Waals surface area contributed by atoms with Gasteiger partial charge in [0, 0.05) is 27.7 Å². The molecule has 2 aliphatic rings. The Hall–Kier alpha value is -8.20. The predicted octanol–water partition coefficient (Wildman–Crippen LogP) is 15.9. The average Bonchev–Trinajstić information content (AvgIpc) is 3.85. The molecule has 11 aromatic rings. The molecule has 1 aliphatic heterocycles. The van der Waals surface area contributed by atoms with Crippen LogP contribution in [0, 0.1) is 0 Å². The number of fused-ring (bicyclic) bond motifs is 12. The van der Waals surface area contributed by atoms with Crippen molar-refractivity contribution in [3.05, 3.63) is 265 Å². The number of hydrogen-bond acceptors (Lipinski definition) is 1. The predicted molar refractivity (Wildman–Crippen MR) is 263 cm³/mol. The van der Waals surface area contributed by atoms with E-state index in [1.165, 1.54) is 94.3 Å². The lowest BCUT2D eigenvalue weighted by Gasteiger charge is -2.39. The van der Waals surface area contributed by atoms with Crippen LogP contribution in [0.25, 0.3) is 72.0 Å². The third kappa shape index (κ3) is 5.19. The number of aromatic nitrogens is 1. The van der Waals surface area contributed by atoms with Gasteiger partial charge < -0.3 is 9.47 Å². The molecule has 13 rings (SSSR count). The van der Waals surface area contributed by atoms with E-state index in [9.17, 15) is 0 Å². The quantitative estimate of drug-likeness (QED) is 0.163. The van der Waals surface area contributed by atoms with E-state index < -0.39 is 5.41 Å². The van der Waals surface area contributed by atoms with E-state index in [0.29, 0.717) is 0 Å². The molecule has 0 unspecified atom stereocenters. The molecular formula is C61H40N2. The van der Waals surface area contributed by atoms with Crippen LogP contribution in [-0.2, 0) is 5.41 Å². The normalized spacial score (nSPS) is 12.9. The molecule has 0 saturated carbocycles. The summed E-state index contributed by atoms with van der Waals surface area (Å²) >= 11 is 0. The molecule has 2 nitrogen and oxygen atoms in total. The molecule has 0 N–H and O–H groups in total. The second-order valence-electron chi connectivity index (χ2n) is 16.8. The summed E-state index contributed by atoms with van der Waals surface area (Å²) in [6, 6.07) is 89.5. The molecule has 10 aromatic carbocycles. The van der Waals surface area contributed by atoms with Gasteiger partial charge in [0.25, 0.3) is 0 Å². The summed E-state index contributed by atoms with van der Waals surface area (Å²) in [5, 5.41) is 2.48. The van der Waals surface area contributed by atoms with Crippen molar-refractivity contribution in [3.8, 4) is 50.2 Å². The first-order valence-corrected chi connectivity index (χ1v) is 21.8. The smallest absolute Gasteiger partial charge is 0.0754 e. The molecule has 1 aliphatic carbocycles. The lowest BCUT2D eigenvalue weighted by Crippen LogP contribution is -2.33. The van der Waals surface area contributed by atoms with Crippen molar-refractivity contribution < 1.29 is 0 Å². The van der Waals surface area contributed by atoms with Crippen molar-refractivity contribution in [2.45, 2.75) is 5.41 Å². The summed E-state index contributed by atoms with van der Waals surface area (Å²) in [4.78, 5) is 2.46. The third-order valence-electron chi connectivity index (χ3n) is 13.6. The van der Waals surface area contributed by atoms with Crippen molar-refractivity contribution >= 4 is 38.9 Å². The van der Waals surface area contributed by atoms with Crippen LogP contribution >= 0.6 is 0 Å². The summed E-state index contributed by atoms with van der Waals surface area (Å²) in [7, 11) is 0. The number of anilines is 3. The number of hydrogen-bond donors (Lipinski definition) is 0. The van der Waals surface area contributed by atoms with E-state index in [1.54, 1.807) is 0 Å². The first-order chi connectivity index (χ1) is 31.3. The van der Waals surface area contributed by atoms with Gasteiger partial charge in [0.2, 0.25) is 0 Å². The van der Waals surface area contributed by atoms with Crippen LogP contribution in [-0.4, -0.2) is 4.57 Å². The Balaban J connectivity index is 1.05. The highest BCUT2D eigenvalue weighted by atomic mass is 15.1. The molecule has 2 heterocycles. The van der Waals surface area contributed by atoms with Gasteiger partial charge in [-0.15, -0.1) is 0 Å². The topological polar surface area (TPSA) is 8.17 Å². The summed E-state index contributed by atoms with van der Waals surface area (Å²) in [6.07, 6.45) is 0. The molecule has 0 atom stereocenters. The van der Waals surface area contributed by atoms with Gasteiger partial charge in [-0.25, -0.2) is 0 Å². The zero-order chi connectivity index (χ0) is 41.5. The van der Waals surface area contributed by atoms with Crippen LogP contribution in [0.2, 0.25) is 0 Å². The maximum atomic E-state index is 2.54. The van der Waals surface area contributed by atoms with E-state index >= 15 is 0 Å². The number of nitrogens with zero attached hydrogens (tertiary/aromatic N) is 2. The molecular weight excluding hydrogens is 761 g/mol. The van der Waals surface area contributed by atoms with Gasteiger partial charge in [-0.3, -0.25) is 0 Å². The van der Waals surface area contributed by atoms with E-state index in [-0.39, 0.29) is 0 Å². The van der Waals surface area contributed by atoms with Crippen LogP contribution in [0.3, 0.4) is 0 Å². The number of rotatable bonds is 6. The maximum absolute atomic E-state index is 2.54. The SMILES string of the molecule is c1ccc(-c2ccc(-c3ccccc3N(c3cccc(-c4ccccc4)c3)c3ccc4c(c3)c3cccc5c3n4-c3ccccc3C53c4ccccc4-c4ccccc43)cc2)cc1. The lowest BCUT2D eigenvalue weighted by molar-refractivity contribution is 0.748. The molecule has 0 saturated heterocycles. The van der Waals surface area contributed by atoms with Crippen molar-refractivity contribution in [1.29, 1.82) is 0 Å². The Morgan fingerprint density at radius 3 is 1.57 bits per heavy atom. The summed E-state index contributed by atoms with van der Waals surface area (Å²) in [5.41, 5.74) is 21.6. The van der Waals surface area contributed by atoms with Gasteiger partial charge >= 0.3 is 0 Å². The Morgan fingerprint density at radius 1 is 0.317 bits per heavy atom. The minimum absolute atomic E-state index is 0.449. The van der Waals surface area contributed by atoms with Gasteiger partial charge in [0.05, 0.1) is 27.8 Å². The van der Waals surface area contributed by atoms with Gasteiger partial charge in [-0.2, -0.15) is 0 Å². The Morgan fingerprint density at radius 2 is 0.841 bits per heavy atom. The van der Waals surface area contributed by atoms with Gasteiger partial charge in [-0.1, -0.05) is 200 Å². The summed E-state index contributed by atoms with van der Waals surface area (Å²) < 4.78 is 2.54. The second-order valence-corrected chi connectivity index (χ2v) is 16.8. The fraction of sp³-hybridized carbons (Fsp3) is 0.0164. The Bertz CT molecular complexity index is 3520. The zero-order valence-corrected chi connectivity index (χ0v) is 34.5. The van der Waals surface area contributed by atoms with Crippen LogP contribution < -0.4 is 4.90 Å². The largest absolute Gasteiger partial charge is 0.310 e. The molecule has 1 aromatic heterocycles. The Kier molecular flexibility index (Phi) is 7.85. The van der Waals surface area contributed by atoms with Crippen LogP contribution in [0.4, 0.5) is 17.1 Å². The lowest BCUT2D eigenvalue weighted by atomic mass is 9.65. The third-order valence-corrected chi connectivity index (χ3v) is 13.6. The first-order valence-electron chi connectivity index (χ1n) is 21.8. The molecule has 0 amide bonds. The van der Waals surface area contributed by atoms with E-state index in [4.69, 9.17) is 0 Å². The minimum atomic E-state index is -0.449. The highest BCUT2D eigenvalue weighted by Crippen LogP contribution is 2.61. The molecule has 0 radical (unpaired) electrons. The van der Waals surface area contributed by atoms with E-state index in [1.807, 2.05) is 0 Å². The van der Waals surface area contributed by atoms with Gasteiger partial charge in [0.15, 0.2) is 0 Å². The average molecular weight is 801 g/mol. The van der Waals surface area contributed by atoms with Crippen molar-refractivity contribution in [2.75, 3.05) is 4.90 Å². The zero-order valence-electron chi connectivity index (χ0n) is 34.5. The Labute approximate surface area is 367 Å².